The van der Waals surface area contributed by atoms with Crippen molar-refractivity contribution >= 4 is 51.6 Å². The molecule has 2 saturated heterocycles. The van der Waals surface area contributed by atoms with Crippen LogP contribution in [0.25, 0.3) is 0 Å². The zero-order valence-corrected chi connectivity index (χ0v) is 36.1. The molecule has 4 N–H and O–H groups in total. The van der Waals surface area contributed by atoms with E-state index in [1.807, 2.05) is 44.2 Å². The number of rotatable bonds is 24. The highest BCUT2D eigenvalue weighted by Crippen LogP contribution is 2.34. The number of guanidine groups is 1. The number of unbranched alkanes of at least 4 members (excludes halogenated alkanes) is 4. The van der Waals surface area contributed by atoms with Crippen LogP contribution in [0.4, 0.5) is 0 Å². The fraction of sp³-hybridized carbons (Fsp3) is 0.690. The number of carbonyl (C=O) groups is 6. The highest BCUT2D eigenvalue weighted by molar-refractivity contribution is 7.88. The molecule has 330 valence electrons. The number of ether oxygens (including phenoxy) is 2. The predicted molar refractivity (Wildman–Crippen MR) is 223 cm³/mol. The normalized spacial score (nSPS) is 19.2. The fourth-order valence-corrected chi connectivity index (χ4v) is 8.56. The molecule has 2 fully saturated rings. The Morgan fingerprint density at radius 2 is 1.44 bits per heavy atom. The Labute approximate surface area is 350 Å². The average Bonchev–Trinajstić information content (AvgIpc) is 3.62. The Balaban J connectivity index is 1.73. The molecule has 0 spiro atoms. The van der Waals surface area contributed by atoms with Crippen molar-refractivity contribution in [2.75, 3.05) is 45.6 Å². The average molecular weight is 848 g/mol. The van der Waals surface area contributed by atoms with Crippen LogP contribution in [-0.2, 0) is 54.7 Å². The second-order valence-electron chi connectivity index (χ2n) is 15.8. The number of nitrogens with two attached hydrogens (primary N) is 1. The first kappa shape index (κ1) is 49.1. The topological polar surface area (TPSA) is 221 Å². The molecule has 2 aliphatic rings. The maximum absolute atomic E-state index is 14.6. The molecule has 3 atom stereocenters. The van der Waals surface area contributed by atoms with Gasteiger partial charge in [0.15, 0.2) is 6.04 Å². The van der Waals surface area contributed by atoms with Gasteiger partial charge in [-0.1, -0.05) is 69.9 Å². The molecule has 59 heavy (non-hydrogen) atoms. The highest BCUT2D eigenvalue weighted by Gasteiger charge is 2.54. The van der Waals surface area contributed by atoms with Gasteiger partial charge in [0.2, 0.25) is 27.8 Å². The molecule has 0 aromatic heterocycles. The van der Waals surface area contributed by atoms with Gasteiger partial charge in [-0.25, -0.2) is 17.7 Å². The van der Waals surface area contributed by atoms with Crippen LogP contribution in [0.5, 0.6) is 0 Å². The fourth-order valence-electron chi connectivity index (χ4n) is 7.86. The molecule has 0 bridgehead atoms. The van der Waals surface area contributed by atoms with Crippen molar-refractivity contribution in [1.29, 1.82) is 0 Å². The van der Waals surface area contributed by atoms with Gasteiger partial charge in [0.25, 0.3) is 5.91 Å². The van der Waals surface area contributed by atoms with Crippen LogP contribution >= 0.6 is 0 Å². The van der Waals surface area contributed by atoms with E-state index >= 15 is 0 Å². The molecule has 17 heteroatoms. The number of primary amides is 1. The van der Waals surface area contributed by atoms with Crippen LogP contribution < -0.4 is 15.8 Å². The van der Waals surface area contributed by atoms with E-state index in [2.05, 4.69) is 15.0 Å². The molecule has 16 nitrogen and oxygen atoms in total. The maximum Gasteiger partial charge on any atom is 0.332 e. The van der Waals surface area contributed by atoms with E-state index in [1.165, 1.54) is 0 Å². The Hall–Kier alpha value is -4.22. The van der Waals surface area contributed by atoms with Crippen molar-refractivity contribution in [3.8, 4) is 0 Å². The number of piperidine rings is 1. The van der Waals surface area contributed by atoms with E-state index < -0.39 is 45.7 Å². The molecule has 1 unspecified atom stereocenters. The number of amides is 4. The van der Waals surface area contributed by atoms with Crippen molar-refractivity contribution in [2.45, 2.75) is 135 Å². The third kappa shape index (κ3) is 17.5. The third-order valence-corrected chi connectivity index (χ3v) is 11.6. The van der Waals surface area contributed by atoms with E-state index in [-0.39, 0.29) is 80.2 Å². The van der Waals surface area contributed by atoms with Gasteiger partial charge in [0.05, 0.1) is 32.6 Å². The van der Waals surface area contributed by atoms with Crippen LogP contribution in [0, 0.1) is 5.92 Å². The second-order valence-corrected chi connectivity index (χ2v) is 17.6. The van der Waals surface area contributed by atoms with Gasteiger partial charge in [0, 0.05) is 64.0 Å². The second kappa shape index (κ2) is 25.4. The van der Waals surface area contributed by atoms with Gasteiger partial charge in [-0.3, -0.25) is 29.3 Å². The molecule has 3 rings (SSSR count). The maximum atomic E-state index is 14.6. The number of benzene rings is 1. The summed E-state index contributed by atoms with van der Waals surface area (Å²) in [6.07, 6.45) is 9.68. The first-order valence-electron chi connectivity index (χ1n) is 21.4. The monoisotopic (exact) mass is 847 g/mol. The number of aliphatic imine (C=N–C) groups is 1. The molecule has 1 aromatic carbocycles. The van der Waals surface area contributed by atoms with Gasteiger partial charge in [-0.2, -0.15) is 9.71 Å². The lowest BCUT2D eigenvalue weighted by atomic mass is 9.93. The highest BCUT2D eigenvalue weighted by atomic mass is 32.2. The van der Waals surface area contributed by atoms with Gasteiger partial charge >= 0.3 is 17.8 Å². The largest absolute Gasteiger partial charge is 0.466 e. The number of hydrogen-bond acceptors (Lipinski definition) is 10. The number of sulfonamides is 1. The number of likely N-dealkylation sites (tertiary alicyclic amines) is 2. The Morgan fingerprint density at radius 1 is 0.847 bits per heavy atom. The molecule has 2 aliphatic heterocycles. The summed E-state index contributed by atoms with van der Waals surface area (Å²) in [7, 11) is -3.81. The number of hydrogen-bond donors (Lipinski definition) is 3. The molecule has 4 amide bonds. The van der Waals surface area contributed by atoms with Crippen LogP contribution in [0.2, 0.25) is 0 Å². The number of carbonyl (C=O) groups excluding carboxylic acids is 6. The SMILES string of the molecule is CCCCCC(=O)OCCCC(=O)N=C(NC(=O)CCCOC(=O)CCCCC)N1CCC(C[N+]2(C(=O)[C@@H](Cc3ccccc3)NS(C)(=O)=O)CCC[C@H]2C(N)=O)CC1. The first-order valence-corrected chi connectivity index (χ1v) is 23.3. The van der Waals surface area contributed by atoms with Crippen LogP contribution in [-0.4, -0.2) is 117 Å². The Bertz CT molecular complexity index is 1680. The van der Waals surface area contributed by atoms with Crippen molar-refractivity contribution in [3.05, 3.63) is 35.9 Å². The minimum atomic E-state index is -3.81. The lowest BCUT2D eigenvalue weighted by Gasteiger charge is -2.42. The van der Waals surface area contributed by atoms with Gasteiger partial charge in [0.1, 0.15) is 6.04 Å². The Morgan fingerprint density at radius 3 is 2.00 bits per heavy atom. The summed E-state index contributed by atoms with van der Waals surface area (Å²) >= 11 is 0. The van der Waals surface area contributed by atoms with Crippen LogP contribution in [0.3, 0.4) is 0 Å². The number of esters is 2. The summed E-state index contributed by atoms with van der Waals surface area (Å²) in [5, 5.41) is 2.79. The number of quaternary nitrogens is 1. The summed E-state index contributed by atoms with van der Waals surface area (Å²) in [6, 6.07) is 7.14. The minimum absolute atomic E-state index is 0.00562. The van der Waals surface area contributed by atoms with Gasteiger partial charge in [-0.05, 0) is 44.1 Å². The van der Waals surface area contributed by atoms with Gasteiger partial charge in [-0.15, -0.1) is 0 Å². The summed E-state index contributed by atoms with van der Waals surface area (Å²) < 4.78 is 37.9. The molecule has 0 aliphatic carbocycles. The van der Waals surface area contributed by atoms with E-state index in [9.17, 15) is 37.2 Å². The molecule has 1 aromatic rings. The van der Waals surface area contributed by atoms with Crippen LogP contribution in [0.15, 0.2) is 35.3 Å². The van der Waals surface area contributed by atoms with Gasteiger partial charge < -0.3 is 20.1 Å². The van der Waals surface area contributed by atoms with Crippen molar-refractivity contribution in [1.82, 2.24) is 14.9 Å². The van der Waals surface area contributed by atoms with E-state index in [0.717, 1.165) is 50.3 Å². The van der Waals surface area contributed by atoms with Crippen molar-refractivity contribution < 1.29 is 51.1 Å². The quantitative estimate of drug-likeness (QED) is 0.0448. The number of nitrogens with zero attached hydrogens (tertiary/aromatic N) is 3. The van der Waals surface area contributed by atoms with Crippen LogP contribution in [0.1, 0.15) is 122 Å². The van der Waals surface area contributed by atoms with E-state index in [1.54, 1.807) is 4.90 Å². The zero-order chi connectivity index (χ0) is 43.3. The molecule has 0 saturated carbocycles. The zero-order valence-electron chi connectivity index (χ0n) is 35.3. The van der Waals surface area contributed by atoms with Crippen molar-refractivity contribution in [2.24, 2.45) is 16.6 Å². The standard InChI is InChI=1S/C42H66N6O10S/c1-4-6-9-21-38(51)57-28-14-19-36(49)44-42(45-37(50)20-15-29-58-39(52)22-10-7-5-2)47-25-23-33(24-26-47)31-48(27-13-18-35(48)40(43)53)41(54)34(46-59(3,55)56)30-32-16-11-8-12-17-32/h8,11-12,16-17,33-35,46H,4-7,9-10,13-15,18-31H2,1-3H3,(H2-,43,44,45,49,50,53)/p+1/t34-,35+,48?/m1/s1. The lowest BCUT2D eigenvalue weighted by molar-refractivity contribution is -0.861. The molecular formula is C42H67N6O10S+. The third-order valence-electron chi connectivity index (χ3n) is 10.9. The van der Waals surface area contributed by atoms with Crippen molar-refractivity contribution in [3.63, 3.8) is 0 Å². The summed E-state index contributed by atoms with van der Waals surface area (Å²) in [5.74, 6) is -2.52. The molecule has 2 heterocycles. The molecular weight excluding hydrogens is 781 g/mol. The Kier molecular flexibility index (Phi) is 21.2. The molecule has 0 radical (unpaired) electrons. The predicted octanol–water partition coefficient (Wildman–Crippen LogP) is 3.66. The minimum Gasteiger partial charge on any atom is -0.466 e. The summed E-state index contributed by atoms with van der Waals surface area (Å²) in [5.41, 5.74) is 6.69. The van der Waals surface area contributed by atoms with E-state index in [0.29, 0.717) is 58.2 Å². The smallest absolute Gasteiger partial charge is 0.332 e. The first-order chi connectivity index (χ1) is 28.2. The summed E-state index contributed by atoms with van der Waals surface area (Å²) in [4.78, 5) is 83.8. The summed E-state index contributed by atoms with van der Waals surface area (Å²) in [6.45, 7) is 5.59. The number of nitrogens with one attached hydrogen (secondary N) is 2. The lowest BCUT2D eigenvalue weighted by Crippen LogP contribution is -2.67. The van der Waals surface area contributed by atoms with E-state index in [4.69, 9.17) is 15.2 Å².